The highest BCUT2D eigenvalue weighted by molar-refractivity contribution is 7.99. The number of hydrogen-bond donors (Lipinski definition) is 1. The third-order valence-corrected chi connectivity index (χ3v) is 4.81. The van der Waals surface area contributed by atoms with Gasteiger partial charge in [-0.05, 0) is 47.9 Å². The Balaban J connectivity index is 1.66. The molecule has 0 aliphatic rings. The molecule has 2 aromatic carbocycles. The number of carbonyl (C=O) groups is 1. The molecule has 0 unspecified atom stereocenters. The van der Waals surface area contributed by atoms with Gasteiger partial charge >= 0.3 is 0 Å². The molecule has 1 aromatic heterocycles. The number of hydrogen-bond acceptors (Lipinski definition) is 5. The Morgan fingerprint density at radius 2 is 1.79 bits per heavy atom. The first kappa shape index (κ1) is 16.7. The van der Waals surface area contributed by atoms with Crippen molar-refractivity contribution in [2.24, 2.45) is 0 Å². The Hall–Kier alpha value is -2.18. The maximum absolute atomic E-state index is 12.3. The Morgan fingerprint density at radius 1 is 1.08 bits per heavy atom. The lowest BCUT2D eigenvalue weighted by atomic mass is 10.1. The predicted octanol–water partition coefficient (Wildman–Crippen LogP) is 4.96. The standard InChI is InChI=1S/C18H17N3OS2/c1-12(2)24-16-9-5-14(6-10-16)18(22)19-15-7-3-13(4-8-15)17-11-23-21-20-17/h3-12H,1-2H3,(H,19,22). The van der Waals surface area contributed by atoms with Crippen molar-refractivity contribution in [3.8, 4) is 11.3 Å². The molecule has 0 radical (unpaired) electrons. The third-order valence-electron chi connectivity index (χ3n) is 3.29. The fourth-order valence-electron chi connectivity index (χ4n) is 2.18. The second-order valence-electron chi connectivity index (χ2n) is 5.51. The molecule has 24 heavy (non-hydrogen) atoms. The van der Waals surface area contributed by atoms with Crippen molar-refractivity contribution < 1.29 is 4.79 Å². The van der Waals surface area contributed by atoms with Crippen molar-refractivity contribution in [1.29, 1.82) is 0 Å². The molecule has 3 rings (SSSR count). The minimum absolute atomic E-state index is 0.112. The van der Waals surface area contributed by atoms with Gasteiger partial charge in [-0.25, -0.2) is 0 Å². The summed E-state index contributed by atoms with van der Waals surface area (Å²) in [5.74, 6) is -0.112. The summed E-state index contributed by atoms with van der Waals surface area (Å²) in [4.78, 5) is 13.5. The second-order valence-corrected chi connectivity index (χ2v) is 7.77. The highest BCUT2D eigenvalue weighted by atomic mass is 32.2. The van der Waals surface area contributed by atoms with Crippen LogP contribution >= 0.6 is 23.3 Å². The van der Waals surface area contributed by atoms with Crippen molar-refractivity contribution in [3.05, 3.63) is 59.5 Å². The molecule has 0 saturated heterocycles. The average Bonchev–Trinajstić information content (AvgIpc) is 3.10. The monoisotopic (exact) mass is 355 g/mol. The summed E-state index contributed by atoms with van der Waals surface area (Å²) in [6.45, 7) is 4.30. The first-order valence-electron chi connectivity index (χ1n) is 7.57. The van der Waals surface area contributed by atoms with Crippen molar-refractivity contribution in [1.82, 2.24) is 9.59 Å². The van der Waals surface area contributed by atoms with Gasteiger partial charge in [0.05, 0.1) is 0 Å². The quantitative estimate of drug-likeness (QED) is 0.657. The van der Waals surface area contributed by atoms with Gasteiger partial charge in [-0.15, -0.1) is 16.9 Å². The van der Waals surface area contributed by atoms with E-state index < -0.39 is 0 Å². The van der Waals surface area contributed by atoms with Gasteiger partial charge in [0.1, 0.15) is 5.69 Å². The molecule has 0 aliphatic carbocycles. The SMILES string of the molecule is CC(C)Sc1ccc(C(=O)Nc2ccc(-c3csnn3)cc2)cc1. The van der Waals surface area contributed by atoms with E-state index in [0.717, 1.165) is 16.9 Å². The first-order chi connectivity index (χ1) is 11.6. The molecule has 0 fully saturated rings. The maximum Gasteiger partial charge on any atom is 0.255 e. The van der Waals surface area contributed by atoms with Crippen LogP contribution in [0.5, 0.6) is 0 Å². The molecule has 0 aliphatic heterocycles. The van der Waals surface area contributed by atoms with Gasteiger partial charge in [-0.2, -0.15) is 0 Å². The highest BCUT2D eigenvalue weighted by Crippen LogP contribution is 2.24. The molecule has 0 saturated carbocycles. The van der Waals surface area contributed by atoms with Gasteiger partial charge in [0.2, 0.25) is 0 Å². The van der Waals surface area contributed by atoms with E-state index in [9.17, 15) is 4.79 Å². The number of carbonyl (C=O) groups excluding carboxylic acids is 1. The predicted molar refractivity (Wildman–Crippen MR) is 101 cm³/mol. The molecule has 1 heterocycles. The third kappa shape index (κ3) is 4.21. The molecular weight excluding hydrogens is 338 g/mol. The topological polar surface area (TPSA) is 54.9 Å². The zero-order valence-corrected chi connectivity index (χ0v) is 15.0. The number of amides is 1. The fraction of sp³-hybridized carbons (Fsp3) is 0.167. The van der Waals surface area contributed by atoms with Crippen molar-refractivity contribution in [2.45, 2.75) is 24.0 Å². The molecular formula is C18H17N3OS2. The van der Waals surface area contributed by atoms with E-state index in [4.69, 9.17) is 0 Å². The molecule has 3 aromatic rings. The van der Waals surface area contributed by atoms with Gasteiger partial charge < -0.3 is 5.32 Å². The minimum Gasteiger partial charge on any atom is -0.322 e. The zero-order chi connectivity index (χ0) is 16.9. The Labute approximate surface area is 149 Å². The van der Waals surface area contributed by atoms with Crippen molar-refractivity contribution in [3.63, 3.8) is 0 Å². The molecule has 4 nitrogen and oxygen atoms in total. The van der Waals surface area contributed by atoms with Gasteiger partial charge in [0.15, 0.2) is 0 Å². The van der Waals surface area contributed by atoms with Crippen molar-refractivity contribution >= 4 is 34.9 Å². The number of anilines is 1. The average molecular weight is 355 g/mol. The number of nitrogens with one attached hydrogen (secondary N) is 1. The molecule has 6 heteroatoms. The largest absolute Gasteiger partial charge is 0.322 e. The van der Waals surface area contributed by atoms with E-state index in [-0.39, 0.29) is 5.91 Å². The second kappa shape index (κ2) is 7.59. The van der Waals surface area contributed by atoms with E-state index in [1.165, 1.54) is 16.4 Å². The van der Waals surface area contributed by atoms with Crippen LogP contribution in [0.25, 0.3) is 11.3 Å². The van der Waals surface area contributed by atoms with Crippen LogP contribution in [-0.2, 0) is 0 Å². The Morgan fingerprint density at radius 3 is 2.38 bits per heavy atom. The highest BCUT2D eigenvalue weighted by Gasteiger charge is 2.07. The summed E-state index contributed by atoms with van der Waals surface area (Å²) in [5.41, 5.74) is 3.23. The van der Waals surface area contributed by atoms with Crippen LogP contribution < -0.4 is 5.32 Å². The number of aromatic nitrogens is 2. The Bertz CT molecular complexity index is 797. The summed E-state index contributed by atoms with van der Waals surface area (Å²) in [6.07, 6.45) is 0. The molecule has 1 amide bonds. The van der Waals surface area contributed by atoms with Crippen LogP contribution in [0.3, 0.4) is 0 Å². The minimum atomic E-state index is -0.112. The van der Waals surface area contributed by atoms with Crippen molar-refractivity contribution in [2.75, 3.05) is 5.32 Å². The lowest BCUT2D eigenvalue weighted by Crippen LogP contribution is -2.11. The van der Waals surface area contributed by atoms with Gasteiger partial charge in [0, 0.05) is 32.3 Å². The summed E-state index contributed by atoms with van der Waals surface area (Å²) in [6, 6.07) is 15.3. The van der Waals surface area contributed by atoms with Crippen LogP contribution in [0.1, 0.15) is 24.2 Å². The van der Waals surface area contributed by atoms with Crippen LogP contribution in [0.4, 0.5) is 5.69 Å². The smallest absolute Gasteiger partial charge is 0.255 e. The van der Waals surface area contributed by atoms with Gasteiger partial charge in [-0.3, -0.25) is 4.79 Å². The number of benzene rings is 2. The van der Waals surface area contributed by atoms with E-state index >= 15 is 0 Å². The summed E-state index contributed by atoms with van der Waals surface area (Å²) < 4.78 is 3.85. The lowest BCUT2D eigenvalue weighted by molar-refractivity contribution is 0.102. The maximum atomic E-state index is 12.3. The molecule has 0 atom stereocenters. The van der Waals surface area contributed by atoms with E-state index in [1.54, 1.807) is 11.8 Å². The van der Waals surface area contributed by atoms with E-state index in [2.05, 4.69) is 28.8 Å². The summed E-state index contributed by atoms with van der Waals surface area (Å²) in [5, 5.41) is 9.36. The van der Waals surface area contributed by atoms with E-state index in [0.29, 0.717) is 10.8 Å². The zero-order valence-electron chi connectivity index (χ0n) is 13.4. The lowest BCUT2D eigenvalue weighted by Gasteiger charge is -2.08. The molecule has 0 spiro atoms. The van der Waals surface area contributed by atoms with Crippen LogP contribution in [0.2, 0.25) is 0 Å². The van der Waals surface area contributed by atoms with Crippen LogP contribution in [0.15, 0.2) is 58.8 Å². The number of nitrogens with zero attached hydrogens (tertiary/aromatic N) is 2. The summed E-state index contributed by atoms with van der Waals surface area (Å²) >= 11 is 3.10. The molecule has 122 valence electrons. The number of rotatable bonds is 5. The fourth-order valence-corrected chi connectivity index (χ4v) is 3.48. The van der Waals surface area contributed by atoms with Crippen LogP contribution in [0, 0.1) is 0 Å². The first-order valence-corrected chi connectivity index (χ1v) is 9.29. The van der Waals surface area contributed by atoms with Gasteiger partial charge in [-0.1, -0.05) is 30.5 Å². The van der Waals surface area contributed by atoms with Crippen LogP contribution in [-0.4, -0.2) is 20.7 Å². The number of thioether (sulfide) groups is 1. The summed E-state index contributed by atoms with van der Waals surface area (Å²) in [7, 11) is 0. The normalized spacial score (nSPS) is 10.8. The Kier molecular flexibility index (Phi) is 5.27. The molecule has 1 N–H and O–H groups in total. The van der Waals surface area contributed by atoms with Gasteiger partial charge in [0.25, 0.3) is 5.91 Å². The molecule has 0 bridgehead atoms. The van der Waals surface area contributed by atoms with E-state index in [1.807, 2.05) is 53.9 Å².